The average molecular weight is 742 g/mol. The Balaban J connectivity index is 1.70. The van der Waals surface area contributed by atoms with Crippen molar-refractivity contribution in [2.24, 2.45) is 23.2 Å². The second-order valence-corrected chi connectivity index (χ2v) is 16.8. The summed E-state index contributed by atoms with van der Waals surface area (Å²) in [6.07, 6.45) is 3.29. The first kappa shape index (κ1) is 42.9. The fourth-order valence-electron chi connectivity index (χ4n) is 5.61. The molecule has 0 aromatic heterocycles. The monoisotopic (exact) mass is 741 g/mol. The molecule has 1 aromatic rings. The van der Waals surface area contributed by atoms with Crippen molar-refractivity contribution >= 4 is 41.5 Å². The zero-order valence-corrected chi connectivity index (χ0v) is 32.7. The van der Waals surface area contributed by atoms with Crippen LogP contribution in [0.2, 0.25) is 0 Å². The summed E-state index contributed by atoms with van der Waals surface area (Å²) < 4.78 is 10.8. The van der Waals surface area contributed by atoms with Crippen molar-refractivity contribution in [2.45, 2.75) is 124 Å². The van der Waals surface area contributed by atoms with Crippen LogP contribution in [0.3, 0.4) is 0 Å². The molecule has 2 fully saturated rings. The van der Waals surface area contributed by atoms with Gasteiger partial charge in [0, 0.05) is 7.05 Å². The Morgan fingerprint density at radius 2 is 1.42 bits per heavy atom. The number of nitrogens with one attached hydrogen (secondary N) is 4. The lowest BCUT2D eigenvalue weighted by Crippen LogP contribution is -2.60. The van der Waals surface area contributed by atoms with Crippen LogP contribution in [0.4, 0.5) is 4.79 Å². The third-order valence-corrected chi connectivity index (χ3v) is 8.91. The fourth-order valence-corrected chi connectivity index (χ4v) is 5.61. The molecule has 0 saturated heterocycles. The highest BCUT2D eigenvalue weighted by molar-refractivity contribution is 6.38. The highest BCUT2D eigenvalue weighted by atomic mass is 16.6. The van der Waals surface area contributed by atoms with Gasteiger partial charge in [-0.1, -0.05) is 90.6 Å². The molecule has 0 bridgehead atoms. The minimum atomic E-state index is -1.19. The van der Waals surface area contributed by atoms with Gasteiger partial charge in [-0.05, 0) is 62.3 Å². The maximum absolute atomic E-state index is 13.9. The zero-order valence-electron chi connectivity index (χ0n) is 32.7. The quantitative estimate of drug-likeness (QED) is 0.129. The van der Waals surface area contributed by atoms with Crippen molar-refractivity contribution in [1.82, 2.24) is 26.2 Å². The molecule has 5 amide bonds. The Morgan fingerprint density at radius 1 is 0.830 bits per heavy atom. The van der Waals surface area contributed by atoms with Gasteiger partial charge in [-0.15, -0.1) is 0 Å². The van der Waals surface area contributed by atoms with Crippen LogP contribution in [0.5, 0.6) is 0 Å². The minimum Gasteiger partial charge on any atom is -0.458 e. The van der Waals surface area contributed by atoms with Crippen molar-refractivity contribution < 1.29 is 43.0 Å². The molecule has 4 atom stereocenters. The Bertz CT molecular complexity index is 1480. The van der Waals surface area contributed by atoms with E-state index in [1.165, 1.54) is 11.9 Å². The number of carbonyl (C=O) groups is 7. The van der Waals surface area contributed by atoms with E-state index in [9.17, 15) is 33.6 Å². The SMILES string of the molecule is CC(C)COC(=O)N[C@H](C(=O)N(C)[C@@H](CC1CC1)C(=O)NC(CC1CC1)C(=O)C(=O)NCC(=O)NC(C(=O)OC(C)(C)C)c1ccccc1)C(C)(C)C. The van der Waals surface area contributed by atoms with E-state index in [4.69, 9.17) is 9.47 Å². The molecule has 1 aromatic carbocycles. The molecule has 53 heavy (non-hydrogen) atoms. The summed E-state index contributed by atoms with van der Waals surface area (Å²) >= 11 is 0. The number of hydrogen-bond donors (Lipinski definition) is 4. The smallest absolute Gasteiger partial charge is 0.407 e. The lowest BCUT2D eigenvalue weighted by molar-refractivity contribution is -0.158. The Morgan fingerprint density at radius 3 is 1.94 bits per heavy atom. The van der Waals surface area contributed by atoms with Crippen molar-refractivity contribution in [1.29, 1.82) is 0 Å². The lowest BCUT2D eigenvalue weighted by atomic mass is 9.85. The maximum Gasteiger partial charge on any atom is 0.407 e. The summed E-state index contributed by atoms with van der Waals surface area (Å²) in [6.45, 7) is 13.9. The van der Waals surface area contributed by atoms with E-state index in [-0.39, 0.29) is 30.8 Å². The molecule has 0 heterocycles. The lowest BCUT2D eigenvalue weighted by Gasteiger charge is -2.36. The average Bonchev–Trinajstić information content (AvgIpc) is 4.01. The van der Waals surface area contributed by atoms with E-state index in [1.807, 2.05) is 13.8 Å². The first-order valence-corrected chi connectivity index (χ1v) is 18.6. The molecule has 2 unspecified atom stereocenters. The van der Waals surface area contributed by atoms with Gasteiger partial charge >= 0.3 is 12.1 Å². The molecule has 0 spiro atoms. The van der Waals surface area contributed by atoms with Crippen LogP contribution in [0.15, 0.2) is 30.3 Å². The Labute approximate surface area is 313 Å². The molecule has 2 aliphatic rings. The van der Waals surface area contributed by atoms with Crippen molar-refractivity contribution in [3.05, 3.63) is 35.9 Å². The largest absolute Gasteiger partial charge is 0.458 e. The molecular weight excluding hydrogens is 682 g/mol. The molecule has 4 N–H and O–H groups in total. The number of likely N-dealkylation sites (N-methyl/N-ethyl adjacent to an activating group) is 1. The summed E-state index contributed by atoms with van der Waals surface area (Å²) in [5, 5.41) is 10.3. The second-order valence-electron chi connectivity index (χ2n) is 16.8. The number of carbonyl (C=O) groups excluding carboxylic acids is 7. The fraction of sp³-hybridized carbons (Fsp3) is 0.667. The topological polar surface area (TPSA) is 189 Å². The van der Waals surface area contributed by atoms with Gasteiger partial charge in [-0.25, -0.2) is 9.59 Å². The third-order valence-electron chi connectivity index (χ3n) is 8.91. The number of Topliss-reactive ketones (excluding diaryl/α,β-unsaturated/α-hetero) is 1. The number of alkyl carbamates (subject to hydrolysis) is 1. The van der Waals surface area contributed by atoms with Gasteiger partial charge < -0.3 is 35.6 Å². The number of rotatable bonds is 18. The molecule has 14 nitrogen and oxygen atoms in total. The van der Waals surface area contributed by atoms with Gasteiger partial charge in [0.15, 0.2) is 6.04 Å². The summed E-state index contributed by atoms with van der Waals surface area (Å²) in [5.74, 6) is -4.05. The highest BCUT2D eigenvalue weighted by Gasteiger charge is 2.42. The molecular formula is C39H59N5O9. The van der Waals surface area contributed by atoms with Gasteiger partial charge in [-0.2, -0.15) is 0 Å². The number of ketones is 1. The van der Waals surface area contributed by atoms with Crippen LogP contribution < -0.4 is 21.3 Å². The number of amides is 5. The first-order chi connectivity index (χ1) is 24.7. The van der Waals surface area contributed by atoms with E-state index in [0.29, 0.717) is 12.0 Å². The molecule has 294 valence electrons. The Hall–Kier alpha value is -4.49. The number of benzene rings is 1. The molecule has 2 saturated carbocycles. The summed E-state index contributed by atoms with van der Waals surface area (Å²) in [5.41, 5.74) is -1.07. The minimum absolute atomic E-state index is 0.0977. The van der Waals surface area contributed by atoms with Gasteiger partial charge in [0.1, 0.15) is 17.7 Å². The molecule has 3 rings (SSSR count). The van der Waals surface area contributed by atoms with Crippen LogP contribution >= 0.6 is 0 Å². The number of nitrogens with zero attached hydrogens (tertiary/aromatic N) is 1. The van der Waals surface area contributed by atoms with Gasteiger partial charge in [0.2, 0.25) is 23.5 Å². The van der Waals surface area contributed by atoms with Gasteiger partial charge in [0.05, 0.1) is 19.2 Å². The number of ether oxygens (including phenoxy) is 2. The normalized spacial score (nSPS) is 16.6. The van der Waals surface area contributed by atoms with E-state index in [2.05, 4.69) is 21.3 Å². The van der Waals surface area contributed by atoms with Crippen LogP contribution in [0, 0.1) is 23.2 Å². The summed E-state index contributed by atoms with van der Waals surface area (Å²) in [6, 6.07) is 4.17. The summed E-state index contributed by atoms with van der Waals surface area (Å²) in [4.78, 5) is 94.4. The van der Waals surface area contributed by atoms with E-state index < -0.39 is 83.2 Å². The molecule has 14 heteroatoms. The standard InChI is InChI=1S/C39H59N5O9/c1-23(2)22-52-37(51)43-32(38(3,4)5)35(49)44(9)28(20-25-17-18-25)33(47)41-27(19-24-15-16-24)31(46)34(48)40-21-29(45)42-30(26-13-11-10-12-14-26)36(50)53-39(6,7)8/h10-14,23-25,27-28,30,32H,15-22H2,1-9H3,(H,40,48)(H,41,47)(H,42,45)(H,43,51)/t27?,28-,30?,32+/m0/s1. The third kappa shape index (κ3) is 14.5. The zero-order chi connectivity index (χ0) is 39.7. The van der Waals surface area contributed by atoms with Crippen LogP contribution in [-0.2, 0) is 38.2 Å². The van der Waals surface area contributed by atoms with E-state index in [1.54, 1.807) is 71.9 Å². The summed E-state index contributed by atoms with van der Waals surface area (Å²) in [7, 11) is 1.50. The van der Waals surface area contributed by atoms with E-state index in [0.717, 1.165) is 25.7 Å². The van der Waals surface area contributed by atoms with Crippen molar-refractivity contribution in [3.8, 4) is 0 Å². The molecule has 0 radical (unpaired) electrons. The van der Waals surface area contributed by atoms with Gasteiger partial charge in [0.25, 0.3) is 5.91 Å². The predicted molar refractivity (Wildman–Crippen MR) is 197 cm³/mol. The maximum atomic E-state index is 13.9. The van der Waals surface area contributed by atoms with Crippen LogP contribution in [0.25, 0.3) is 0 Å². The second kappa shape index (κ2) is 18.5. The highest BCUT2D eigenvalue weighted by Crippen LogP contribution is 2.36. The first-order valence-electron chi connectivity index (χ1n) is 18.6. The number of esters is 1. The Kier molecular flexibility index (Phi) is 15.0. The number of hydrogen-bond acceptors (Lipinski definition) is 9. The van der Waals surface area contributed by atoms with Crippen molar-refractivity contribution in [3.63, 3.8) is 0 Å². The van der Waals surface area contributed by atoms with Crippen molar-refractivity contribution in [2.75, 3.05) is 20.2 Å². The van der Waals surface area contributed by atoms with Crippen LogP contribution in [0.1, 0.15) is 106 Å². The van der Waals surface area contributed by atoms with E-state index >= 15 is 0 Å². The van der Waals surface area contributed by atoms with Gasteiger partial charge in [-0.3, -0.25) is 24.0 Å². The molecule has 0 aliphatic heterocycles. The predicted octanol–water partition coefficient (Wildman–Crippen LogP) is 3.58. The molecule has 2 aliphatic carbocycles. The van der Waals surface area contributed by atoms with Crippen LogP contribution in [-0.4, -0.2) is 90.3 Å².